The summed E-state index contributed by atoms with van der Waals surface area (Å²) in [5.74, 6) is 0. The lowest BCUT2D eigenvalue weighted by Crippen LogP contribution is -1.87. The molecule has 7 aromatic rings. The summed E-state index contributed by atoms with van der Waals surface area (Å²) in [4.78, 5) is 0. The zero-order valence-electron chi connectivity index (χ0n) is 20.6. The quantitative estimate of drug-likeness (QED) is 0.231. The van der Waals surface area contributed by atoms with Crippen LogP contribution in [0.4, 0.5) is 0 Å². The molecule has 0 bridgehead atoms. The van der Waals surface area contributed by atoms with Crippen molar-refractivity contribution in [3.8, 4) is 44.5 Å². The number of halogens is 1. The molecule has 0 unspecified atom stereocenters. The number of rotatable bonds is 4. The van der Waals surface area contributed by atoms with Crippen LogP contribution in [0.2, 0.25) is 5.02 Å². The highest BCUT2D eigenvalue weighted by molar-refractivity contribution is 6.33. The maximum absolute atomic E-state index is 6.71. The molecule has 0 amide bonds. The first-order valence-corrected chi connectivity index (χ1v) is 13.1. The molecule has 0 atom stereocenters. The number of fused-ring (bicyclic) bond motifs is 3. The van der Waals surface area contributed by atoms with Crippen LogP contribution < -0.4 is 0 Å². The normalized spacial score (nSPS) is 11.3. The van der Waals surface area contributed by atoms with Crippen molar-refractivity contribution in [2.45, 2.75) is 0 Å². The molecule has 6 aromatic carbocycles. The van der Waals surface area contributed by atoms with Crippen LogP contribution in [0.5, 0.6) is 0 Å². The average Bonchev–Trinajstić information content (AvgIpc) is 3.38. The minimum absolute atomic E-state index is 0.730. The maximum Gasteiger partial charge on any atom is 0.143 e. The van der Waals surface area contributed by atoms with Gasteiger partial charge in [0.15, 0.2) is 0 Å². The Kier molecular flexibility index (Phi) is 5.57. The number of benzene rings is 6. The van der Waals surface area contributed by atoms with Crippen molar-refractivity contribution in [3.05, 3.63) is 145 Å². The van der Waals surface area contributed by atoms with Crippen LogP contribution in [0.1, 0.15) is 0 Å². The smallest absolute Gasteiger partial charge is 0.143 e. The van der Waals surface area contributed by atoms with Crippen molar-refractivity contribution in [3.63, 3.8) is 0 Å². The van der Waals surface area contributed by atoms with E-state index in [4.69, 9.17) is 16.0 Å². The summed E-state index contributed by atoms with van der Waals surface area (Å²) in [6.07, 6.45) is 0. The van der Waals surface area contributed by atoms with Crippen LogP contribution in [0.15, 0.2) is 144 Å². The Labute approximate surface area is 226 Å². The monoisotopic (exact) mass is 506 g/mol. The molecule has 0 aliphatic heterocycles. The van der Waals surface area contributed by atoms with Gasteiger partial charge in [0, 0.05) is 26.9 Å². The largest absolute Gasteiger partial charge is 0.455 e. The Balaban J connectivity index is 1.56. The van der Waals surface area contributed by atoms with Gasteiger partial charge in [-0.15, -0.1) is 0 Å². The summed E-state index contributed by atoms with van der Waals surface area (Å²) < 4.78 is 6.71. The predicted molar refractivity (Wildman–Crippen MR) is 160 cm³/mol. The molecule has 1 aromatic heterocycles. The summed E-state index contributed by atoms with van der Waals surface area (Å²) >= 11 is 6.67. The Hall–Kier alpha value is -4.59. The van der Waals surface area contributed by atoms with Gasteiger partial charge in [-0.05, 0) is 57.6 Å². The van der Waals surface area contributed by atoms with Crippen LogP contribution in [-0.2, 0) is 0 Å². The van der Waals surface area contributed by atoms with Crippen LogP contribution in [0, 0.1) is 0 Å². The zero-order chi connectivity index (χ0) is 25.5. The van der Waals surface area contributed by atoms with Crippen molar-refractivity contribution < 1.29 is 4.42 Å². The third-order valence-corrected chi connectivity index (χ3v) is 7.51. The molecule has 0 spiro atoms. The second-order valence-corrected chi connectivity index (χ2v) is 9.85. The molecule has 0 aliphatic carbocycles. The van der Waals surface area contributed by atoms with E-state index in [0.29, 0.717) is 0 Å². The third-order valence-electron chi connectivity index (χ3n) is 7.18. The van der Waals surface area contributed by atoms with Gasteiger partial charge in [0.05, 0.1) is 0 Å². The third kappa shape index (κ3) is 3.80. The average molecular weight is 507 g/mol. The van der Waals surface area contributed by atoms with Gasteiger partial charge in [0.25, 0.3) is 0 Å². The van der Waals surface area contributed by atoms with E-state index >= 15 is 0 Å². The van der Waals surface area contributed by atoms with Gasteiger partial charge >= 0.3 is 0 Å². The van der Waals surface area contributed by atoms with E-state index in [2.05, 4.69) is 115 Å². The van der Waals surface area contributed by atoms with Crippen LogP contribution in [0.25, 0.3) is 66.4 Å². The molecule has 38 heavy (non-hydrogen) atoms. The fraction of sp³-hybridized carbons (Fsp3) is 0. The molecule has 7 rings (SSSR count). The fourth-order valence-corrected chi connectivity index (χ4v) is 5.62. The van der Waals surface area contributed by atoms with Crippen molar-refractivity contribution in [1.82, 2.24) is 0 Å². The van der Waals surface area contributed by atoms with Crippen molar-refractivity contribution in [2.24, 2.45) is 0 Å². The predicted octanol–water partition coefficient (Wildman–Crippen LogP) is 10.9. The first-order chi connectivity index (χ1) is 18.8. The topological polar surface area (TPSA) is 13.1 Å². The van der Waals surface area contributed by atoms with Gasteiger partial charge in [-0.1, -0.05) is 127 Å². The Morgan fingerprint density at radius 1 is 0.395 bits per heavy atom. The molecular formula is C36H23ClO. The number of furan rings is 1. The summed E-state index contributed by atoms with van der Waals surface area (Å²) in [6.45, 7) is 0. The molecule has 0 radical (unpaired) electrons. The number of hydrogen-bond donors (Lipinski definition) is 0. The Morgan fingerprint density at radius 3 is 1.58 bits per heavy atom. The molecule has 0 N–H and O–H groups in total. The molecule has 2 heteroatoms. The second-order valence-electron chi connectivity index (χ2n) is 9.44. The minimum atomic E-state index is 0.730. The van der Waals surface area contributed by atoms with Gasteiger partial charge in [-0.2, -0.15) is 0 Å². The molecule has 0 fully saturated rings. The Morgan fingerprint density at radius 2 is 0.947 bits per heavy atom. The Bertz CT molecular complexity index is 1900. The van der Waals surface area contributed by atoms with E-state index in [1.165, 1.54) is 5.56 Å². The molecule has 0 saturated heterocycles. The van der Waals surface area contributed by atoms with Crippen molar-refractivity contribution in [1.29, 1.82) is 0 Å². The summed E-state index contributed by atoms with van der Waals surface area (Å²) in [7, 11) is 0. The molecule has 0 aliphatic rings. The van der Waals surface area contributed by atoms with Crippen LogP contribution in [0.3, 0.4) is 0 Å². The lowest BCUT2D eigenvalue weighted by molar-refractivity contribution is 0.670. The fourth-order valence-electron chi connectivity index (χ4n) is 5.40. The summed E-state index contributed by atoms with van der Waals surface area (Å²) in [5, 5.41) is 2.99. The molecular weight excluding hydrogens is 484 g/mol. The van der Waals surface area contributed by atoms with Gasteiger partial charge in [-0.3, -0.25) is 0 Å². The molecule has 180 valence electrons. The highest BCUT2D eigenvalue weighted by Gasteiger charge is 2.20. The van der Waals surface area contributed by atoms with Crippen LogP contribution >= 0.6 is 11.6 Å². The van der Waals surface area contributed by atoms with E-state index in [-0.39, 0.29) is 0 Å². The van der Waals surface area contributed by atoms with Crippen molar-refractivity contribution in [2.75, 3.05) is 0 Å². The van der Waals surface area contributed by atoms with Gasteiger partial charge in [0.2, 0.25) is 0 Å². The number of hydrogen-bond acceptors (Lipinski definition) is 1. The summed E-state index contributed by atoms with van der Waals surface area (Å²) in [5.41, 5.74) is 10.6. The second kappa shape index (κ2) is 9.37. The van der Waals surface area contributed by atoms with Crippen molar-refractivity contribution >= 4 is 33.5 Å². The molecule has 1 nitrogen and oxygen atoms in total. The van der Waals surface area contributed by atoms with E-state index in [0.717, 1.165) is 65.9 Å². The van der Waals surface area contributed by atoms with E-state index in [9.17, 15) is 0 Å². The zero-order valence-corrected chi connectivity index (χ0v) is 21.3. The SMILES string of the molecule is Clc1ccc(-c2ccc(-c3ccccc3)c3c2oc2cccc(-c4ccccc4)c23)cc1-c1ccccc1. The summed E-state index contributed by atoms with van der Waals surface area (Å²) in [6, 6.07) is 48.3. The lowest BCUT2D eigenvalue weighted by Gasteiger charge is -2.12. The first kappa shape index (κ1) is 22.6. The highest BCUT2D eigenvalue weighted by atomic mass is 35.5. The maximum atomic E-state index is 6.71. The van der Waals surface area contributed by atoms with Gasteiger partial charge in [0.1, 0.15) is 11.2 Å². The van der Waals surface area contributed by atoms with E-state index < -0.39 is 0 Å². The molecule has 1 heterocycles. The lowest BCUT2D eigenvalue weighted by atomic mass is 9.91. The molecule has 0 saturated carbocycles. The highest BCUT2D eigenvalue weighted by Crippen LogP contribution is 2.45. The standard InChI is InChI=1S/C36H23ClO/c37-32-22-19-27(23-31(32)26-15-8-3-9-16-26)30-21-20-29(25-13-6-2-7-14-25)35-34-28(24-11-4-1-5-12-24)17-10-18-33(34)38-36(30)35/h1-23H. The van der Waals surface area contributed by atoms with Crippen LogP contribution in [-0.4, -0.2) is 0 Å². The first-order valence-electron chi connectivity index (χ1n) is 12.7. The minimum Gasteiger partial charge on any atom is -0.455 e. The van der Waals surface area contributed by atoms with Gasteiger partial charge < -0.3 is 4.42 Å². The van der Waals surface area contributed by atoms with E-state index in [1.807, 2.05) is 24.3 Å². The van der Waals surface area contributed by atoms with Gasteiger partial charge in [-0.25, -0.2) is 0 Å². The van der Waals surface area contributed by atoms with E-state index in [1.54, 1.807) is 0 Å².